The van der Waals surface area contributed by atoms with E-state index in [2.05, 4.69) is 33.8 Å². The van der Waals surface area contributed by atoms with Crippen molar-refractivity contribution in [3.63, 3.8) is 0 Å². The highest BCUT2D eigenvalue weighted by atomic mass is 79.9. The van der Waals surface area contributed by atoms with Crippen LogP contribution in [-0.4, -0.2) is 56.2 Å². The molecule has 0 saturated carbocycles. The zero-order valence-electron chi connectivity index (χ0n) is 19.6. The molecule has 0 bridgehead atoms. The summed E-state index contributed by atoms with van der Waals surface area (Å²) < 4.78 is 25.7. The molecule has 0 aliphatic carbocycles. The van der Waals surface area contributed by atoms with Gasteiger partial charge < -0.3 is 24.3 Å². The number of rotatable bonds is 11. The molecular weight excluding hydrogens is 491 g/mol. The molecule has 0 radical (unpaired) electrons. The summed E-state index contributed by atoms with van der Waals surface area (Å²) in [5.74, 6) is 1.52. The quantitative estimate of drug-likeness (QED) is 0.416. The summed E-state index contributed by atoms with van der Waals surface area (Å²) in [7, 11) is 1.59. The maximum Gasteiger partial charge on any atom is 0.136 e. The fourth-order valence-corrected chi connectivity index (χ4v) is 4.35. The van der Waals surface area contributed by atoms with Crippen LogP contribution in [0.5, 0.6) is 11.5 Å². The molecule has 2 aromatic rings. The first kappa shape index (κ1) is 25.7. The molecule has 0 amide bonds. The molecule has 1 unspecified atom stereocenters. The fraction of sp³-hybridized carbons (Fsp3) is 0.520. The van der Waals surface area contributed by atoms with Gasteiger partial charge in [-0.25, -0.2) is 4.39 Å². The number of hydrogen-bond acceptors (Lipinski definition) is 6. The van der Waals surface area contributed by atoms with Crippen molar-refractivity contribution in [1.29, 1.82) is 0 Å². The smallest absolute Gasteiger partial charge is 0.136 e. The Balaban J connectivity index is 1.69. The van der Waals surface area contributed by atoms with E-state index in [1.165, 1.54) is 12.1 Å². The van der Waals surface area contributed by atoms with Gasteiger partial charge in [0.2, 0.25) is 0 Å². The predicted molar refractivity (Wildman–Crippen MR) is 131 cm³/mol. The second-order valence-electron chi connectivity index (χ2n) is 8.40. The lowest BCUT2D eigenvalue weighted by Crippen LogP contribution is -2.36. The van der Waals surface area contributed by atoms with E-state index in [-0.39, 0.29) is 13.2 Å². The molecule has 0 spiro atoms. The van der Waals surface area contributed by atoms with Gasteiger partial charge in [-0.2, -0.15) is 5.06 Å². The first-order valence-corrected chi connectivity index (χ1v) is 12.2. The van der Waals surface area contributed by atoms with Crippen molar-refractivity contribution in [2.45, 2.75) is 39.3 Å². The van der Waals surface area contributed by atoms with Crippen molar-refractivity contribution in [3.8, 4) is 11.5 Å². The fourth-order valence-electron chi connectivity index (χ4n) is 3.99. The van der Waals surface area contributed by atoms with Crippen LogP contribution in [0.4, 0.5) is 10.1 Å². The van der Waals surface area contributed by atoms with Crippen molar-refractivity contribution in [1.82, 2.24) is 5.06 Å². The van der Waals surface area contributed by atoms with E-state index in [0.717, 1.165) is 48.8 Å². The van der Waals surface area contributed by atoms with Crippen molar-refractivity contribution in [3.05, 3.63) is 52.3 Å². The molecular formula is C25H34BrFN2O4. The van der Waals surface area contributed by atoms with Crippen LogP contribution in [0.3, 0.4) is 0 Å². The molecule has 0 aromatic heterocycles. The number of aliphatic hydroxyl groups is 1. The number of aliphatic hydroxyl groups excluding tert-OH is 1. The Kier molecular flexibility index (Phi) is 9.79. The predicted octanol–water partition coefficient (Wildman–Crippen LogP) is 5.03. The first-order valence-electron chi connectivity index (χ1n) is 11.5. The summed E-state index contributed by atoms with van der Waals surface area (Å²) in [5.41, 5.74) is 2.18. The van der Waals surface area contributed by atoms with Gasteiger partial charge in [0.1, 0.15) is 30.0 Å². The van der Waals surface area contributed by atoms with E-state index in [1.807, 2.05) is 19.1 Å². The lowest BCUT2D eigenvalue weighted by atomic mass is 9.98. The normalized spacial score (nSPS) is 15.7. The van der Waals surface area contributed by atoms with Gasteiger partial charge >= 0.3 is 0 Å². The lowest BCUT2D eigenvalue weighted by Gasteiger charge is -2.35. The van der Waals surface area contributed by atoms with Gasteiger partial charge in [0.25, 0.3) is 0 Å². The van der Waals surface area contributed by atoms with Gasteiger partial charge in [-0.1, -0.05) is 13.0 Å². The van der Waals surface area contributed by atoms with Gasteiger partial charge in [-0.3, -0.25) is 0 Å². The standard InChI is InChI=1S/C25H34BrFN2O4/c1-4-32-24-7-5-6-23(28-12-10-18(2)11-13-28)21(24)16-29(31-3)15-20(30)17-33-25-14-19(27)8-9-22(25)26/h5-9,14,18,20,30H,4,10-13,15-17H2,1-3H3. The van der Waals surface area contributed by atoms with Crippen molar-refractivity contribution in [2.75, 3.05) is 44.9 Å². The largest absolute Gasteiger partial charge is 0.493 e. The van der Waals surface area contributed by atoms with Crippen LogP contribution in [0.1, 0.15) is 32.3 Å². The number of nitrogens with zero attached hydrogens (tertiary/aromatic N) is 2. The third kappa shape index (κ3) is 7.30. The first-order chi connectivity index (χ1) is 15.9. The summed E-state index contributed by atoms with van der Waals surface area (Å²) in [5, 5.41) is 12.3. The summed E-state index contributed by atoms with van der Waals surface area (Å²) in [6, 6.07) is 10.3. The molecule has 1 atom stereocenters. The molecule has 1 aliphatic rings. The number of ether oxygens (including phenoxy) is 2. The minimum atomic E-state index is -0.835. The number of hydroxylamine groups is 2. The Labute approximate surface area is 204 Å². The molecule has 1 saturated heterocycles. The second-order valence-corrected chi connectivity index (χ2v) is 9.26. The zero-order chi connectivity index (χ0) is 23.8. The zero-order valence-corrected chi connectivity index (χ0v) is 21.2. The van der Waals surface area contributed by atoms with E-state index in [1.54, 1.807) is 18.2 Å². The summed E-state index contributed by atoms with van der Waals surface area (Å²) in [4.78, 5) is 8.00. The lowest BCUT2D eigenvalue weighted by molar-refractivity contribution is -0.158. The van der Waals surface area contributed by atoms with E-state index in [4.69, 9.17) is 14.3 Å². The van der Waals surface area contributed by atoms with Gasteiger partial charge in [-0.05, 0) is 65.9 Å². The van der Waals surface area contributed by atoms with E-state index >= 15 is 0 Å². The van der Waals surface area contributed by atoms with E-state index in [0.29, 0.717) is 23.4 Å². The summed E-state index contributed by atoms with van der Waals surface area (Å²) in [6.07, 6.45) is 1.49. The average molecular weight is 525 g/mol. The van der Waals surface area contributed by atoms with E-state index in [9.17, 15) is 9.50 Å². The van der Waals surface area contributed by atoms with Crippen LogP contribution >= 0.6 is 15.9 Å². The van der Waals surface area contributed by atoms with Crippen molar-refractivity contribution in [2.24, 2.45) is 5.92 Å². The SMILES string of the molecule is CCOc1cccc(N2CCC(C)CC2)c1CN(CC(O)COc1cc(F)ccc1Br)OC. The maximum absolute atomic E-state index is 13.5. The van der Waals surface area contributed by atoms with Crippen LogP contribution < -0.4 is 14.4 Å². The topological polar surface area (TPSA) is 54.4 Å². The van der Waals surface area contributed by atoms with Crippen molar-refractivity contribution < 1.29 is 23.8 Å². The third-order valence-corrected chi connectivity index (χ3v) is 6.52. The Morgan fingerprint density at radius 1 is 1.18 bits per heavy atom. The van der Waals surface area contributed by atoms with Crippen LogP contribution in [0.2, 0.25) is 0 Å². The van der Waals surface area contributed by atoms with Gasteiger partial charge in [0, 0.05) is 30.4 Å². The highest BCUT2D eigenvalue weighted by Crippen LogP contribution is 2.33. The minimum absolute atomic E-state index is 0.00584. The average Bonchev–Trinajstić information content (AvgIpc) is 2.81. The van der Waals surface area contributed by atoms with Crippen LogP contribution in [0.25, 0.3) is 0 Å². The van der Waals surface area contributed by atoms with Gasteiger partial charge in [0.15, 0.2) is 0 Å². The Morgan fingerprint density at radius 3 is 2.64 bits per heavy atom. The van der Waals surface area contributed by atoms with Crippen molar-refractivity contribution >= 4 is 21.6 Å². The third-order valence-electron chi connectivity index (χ3n) is 5.86. The molecule has 1 N–H and O–H groups in total. The number of anilines is 1. The minimum Gasteiger partial charge on any atom is -0.493 e. The monoisotopic (exact) mass is 524 g/mol. The van der Waals surface area contributed by atoms with E-state index < -0.39 is 11.9 Å². The number of benzene rings is 2. The Hall–Kier alpha value is -1.87. The maximum atomic E-state index is 13.5. The molecule has 1 heterocycles. The van der Waals surface area contributed by atoms with Crippen LogP contribution in [0, 0.1) is 11.7 Å². The van der Waals surface area contributed by atoms with Crippen LogP contribution in [0.15, 0.2) is 40.9 Å². The van der Waals surface area contributed by atoms with Gasteiger partial charge in [-0.15, -0.1) is 0 Å². The molecule has 33 heavy (non-hydrogen) atoms. The highest BCUT2D eigenvalue weighted by Gasteiger charge is 2.23. The molecule has 182 valence electrons. The highest BCUT2D eigenvalue weighted by molar-refractivity contribution is 9.10. The summed E-state index contributed by atoms with van der Waals surface area (Å²) >= 11 is 3.33. The molecule has 3 rings (SSSR count). The molecule has 6 nitrogen and oxygen atoms in total. The number of piperidine rings is 1. The second kappa shape index (κ2) is 12.6. The molecule has 8 heteroatoms. The summed E-state index contributed by atoms with van der Waals surface area (Å²) in [6.45, 7) is 7.54. The Morgan fingerprint density at radius 2 is 1.94 bits per heavy atom. The molecule has 1 fully saturated rings. The van der Waals surface area contributed by atoms with Gasteiger partial charge in [0.05, 0.1) is 31.3 Å². The van der Waals surface area contributed by atoms with Crippen LogP contribution in [-0.2, 0) is 11.4 Å². The molecule has 1 aliphatic heterocycles. The Bertz CT molecular complexity index is 893. The molecule has 2 aromatic carbocycles. The number of hydrogen-bond donors (Lipinski definition) is 1. The number of halogens is 2.